The Kier molecular flexibility index (Phi) is 5.57. The van der Waals surface area contributed by atoms with E-state index in [2.05, 4.69) is 4.98 Å². The second-order valence-corrected chi connectivity index (χ2v) is 8.43. The fourth-order valence-corrected chi connectivity index (χ4v) is 5.24. The van der Waals surface area contributed by atoms with Crippen LogP contribution in [0.5, 0.6) is 17.2 Å². The van der Waals surface area contributed by atoms with E-state index in [1.54, 1.807) is 19.1 Å². The molecular weight excluding hydrogens is 438 g/mol. The van der Waals surface area contributed by atoms with Gasteiger partial charge in [-0.3, -0.25) is 9.59 Å². The van der Waals surface area contributed by atoms with E-state index in [1.165, 1.54) is 12.0 Å². The number of hydrogen-bond acceptors (Lipinski definition) is 6. The summed E-state index contributed by atoms with van der Waals surface area (Å²) in [6.07, 6.45) is 0.396. The molecule has 2 atom stereocenters. The molecule has 0 bridgehead atoms. The first-order valence-corrected chi connectivity index (χ1v) is 11.1. The van der Waals surface area contributed by atoms with Crippen molar-refractivity contribution in [2.45, 2.75) is 18.5 Å². The molecule has 34 heavy (non-hydrogen) atoms. The Labute approximate surface area is 196 Å². The average Bonchev–Trinajstić information content (AvgIpc) is 3.23. The Bertz CT molecular complexity index is 1240. The highest BCUT2D eigenvalue weighted by Crippen LogP contribution is 2.46. The maximum absolute atomic E-state index is 13.4. The highest BCUT2D eigenvalue weighted by molar-refractivity contribution is 5.97. The van der Waals surface area contributed by atoms with Crippen LogP contribution in [0.2, 0.25) is 0 Å². The van der Waals surface area contributed by atoms with Crippen LogP contribution in [-0.4, -0.2) is 78.8 Å². The number of hydrogen-bond donors (Lipinski definition) is 2. The van der Waals surface area contributed by atoms with Gasteiger partial charge in [0.15, 0.2) is 11.5 Å². The number of piperazine rings is 1. The molecule has 1 saturated heterocycles. The van der Waals surface area contributed by atoms with E-state index in [0.29, 0.717) is 23.7 Å². The second-order valence-electron chi connectivity index (χ2n) is 8.43. The van der Waals surface area contributed by atoms with Gasteiger partial charge in [0.05, 0.1) is 40.5 Å². The molecule has 9 heteroatoms. The second kappa shape index (κ2) is 8.57. The van der Waals surface area contributed by atoms with Gasteiger partial charge in [0.2, 0.25) is 17.6 Å². The van der Waals surface area contributed by atoms with Gasteiger partial charge < -0.3 is 34.1 Å². The summed E-state index contributed by atoms with van der Waals surface area (Å²) >= 11 is 0. The minimum absolute atomic E-state index is 0.0770. The monoisotopic (exact) mass is 465 g/mol. The number of aliphatic hydroxyl groups excluding tert-OH is 1. The predicted octanol–water partition coefficient (Wildman–Crippen LogP) is 1.87. The fraction of sp³-hybridized carbons (Fsp3) is 0.360. The average molecular weight is 466 g/mol. The van der Waals surface area contributed by atoms with Gasteiger partial charge in [-0.1, -0.05) is 18.2 Å². The van der Waals surface area contributed by atoms with Crippen LogP contribution in [0.25, 0.3) is 10.9 Å². The Morgan fingerprint density at radius 2 is 1.76 bits per heavy atom. The SMILES string of the molecule is COc1cc([C@@H]2c3[nH]c4ccccc4c3C[C@H]3C(=O)N(CCO)CC(=O)N23)cc(OC)c1OC. The molecule has 0 unspecified atom stereocenters. The van der Waals surface area contributed by atoms with Gasteiger partial charge >= 0.3 is 0 Å². The molecule has 1 aromatic heterocycles. The standard InChI is InChI=1S/C25H27N3O6/c1-32-19-10-14(11-20(33-2)24(19)34-3)23-22-16(15-6-4-5-7-17(15)26-22)12-18-25(31)27(8-9-29)13-21(30)28(18)23/h4-7,10-11,18,23,26,29H,8-9,12-13H2,1-3H3/t18-,23+/m0/s1. The van der Waals surface area contributed by atoms with Crippen LogP contribution in [0.1, 0.15) is 22.9 Å². The molecule has 1 fully saturated rings. The first-order valence-electron chi connectivity index (χ1n) is 11.1. The number of H-pyrrole nitrogens is 1. The number of benzene rings is 2. The number of carbonyl (C=O) groups excluding carboxylic acids is 2. The Balaban J connectivity index is 1.74. The molecule has 9 nitrogen and oxygen atoms in total. The minimum atomic E-state index is -0.677. The summed E-state index contributed by atoms with van der Waals surface area (Å²) in [5.41, 5.74) is 3.55. The summed E-state index contributed by atoms with van der Waals surface area (Å²) in [5, 5.41) is 10.4. The van der Waals surface area contributed by atoms with Crippen molar-refractivity contribution in [3.05, 3.63) is 53.2 Å². The van der Waals surface area contributed by atoms with Gasteiger partial charge in [-0.05, 0) is 29.3 Å². The molecule has 3 heterocycles. The number of aromatic amines is 1. The molecule has 0 aliphatic carbocycles. The Morgan fingerprint density at radius 1 is 1.06 bits per heavy atom. The number of aromatic nitrogens is 1. The Morgan fingerprint density at radius 3 is 2.41 bits per heavy atom. The Hall–Kier alpha value is -3.72. The lowest BCUT2D eigenvalue weighted by Crippen LogP contribution is -2.63. The zero-order valence-corrected chi connectivity index (χ0v) is 19.3. The number of amides is 2. The summed E-state index contributed by atoms with van der Waals surface area (Å²) in [6, 6.07) is 10.3. The van der Waals surface area contributed by atoms with Crippen molar-refractivity contribution in [2.24, 2.45) is 0 Å². The van der Waals surface area contributed by atoms with Crippen molar-refractivity contribution < 1.29 is 28.9 Å². The highest BCUT2D eigenvalue weighted by atomic mass is 16.5. The summed E-state index contributed by atoms with van der Waals surface area (Å²) in [6.45, 7) is -0.142. The molecule has 2 aliphatic rings. The number of nitrogens with one attached hydrogen (secondary N) is 1. The first-order chi connectivity index (χ1) is 16.5. The minimum Gasteiger partial charge on any atom is -0.493 e. The van der Waals surface area contributed by atoms with Crippen molar-refractivity contribution >= 4 is 22.7 Å². The van der Waals surface area contributed by atoms with Gasteiger partial charge in [0, 0.05) is 29.6 Å². The lowest BCUT2D eigenvalue weighted by molar-refractivity contribution is -0.159. The maximum Gasteiger partial charge on any atom is 0.246 e. The first kappa shape index (κ1) is 22.1. The molecule has 0 spiro atoms. The van der Waals surface area contributed by atoms with Gasteiger partial charge in [-0.15, -0.1) is 0 Å². The summed E-state index contributed by atoms with van der Waals surface area (Å²) in [7, 11) is 4.62. The quantitative estimate of drug-likeness (QED) is 0.576. The molecule has 3 aromatic rings. The molecule has 178 valence electrons. The third-order valence-corrected chi connectivity index (χ3v) is 6.72. The molecule has 2 amide bonds. The maximum atomic E-state index is 13.4. The van der Waals surface area contributed by atoms with Crippen molar-refractivity contribution in [3.63, 3.8) is 0 Å². The van der Waals surface area contributed by atoms with E-state index in [-0.39, 0.29) is 31.5 Å². The zero-order valence-electron chi connectivity index (χ0n) is 19.3. The number of ether oxygens (including phenoxy) is 3. The zero-order chi connectivity index (χ0) is 24.0. The smallest absolute Gasteiger partial charge is 0.246 e. The van der Waals surface area contributed by atoms with Crippen LogP contribution >= 0.6 is 0 Å². The largest absolute Gasteiger partial charge is 0.493 e. The van der Waals surface area contributed by atoms with Crippen LogP contribution < -0.4 is 14.2 Å². The normalized spacial score (nSPS) is 19.8. The number of nitrogens with zero attached hydrogens (tertiary/aromatic N) is 2. The molecule has 2 N–H and O–H groups in total. The highest BCUT2D eigenvalue weighted by Gasteiger charge is 2.48. The predicted molar refractivity (Wildman–Crippen MR) is 124 cm³/mol. The van der Waals surface area contributed by atoms with E-state index in [4.69, 9.17) is 14.2 Å². The van der Waals surface area contributed by atoms with Crippen molar-refractivity contribution in [2.75, 3.05) is 41.0 Å². The summed E-state index contributed by atoms with van der Waals surface area (Å²) in [4.78, 5) is 33.5. The third kappa shape index (κ3) is 3.27. The molecule has 2 aliphatic heterocycles. The number of aliphatic hydroxyl groups is 1. The van der Waals surface area contributed by atoms with E-state index in [1.807, 2.05) is 36.4 Å². The van der Waals surface area contributed by atoms with Crippen LogP contribution in [0.15, 0.2) is 36.4 Å². The number of methoxy groups -OCH3 is 3. The van der Waals surface area contributed by atoms with Crippen LogP contribution in [0, 0.1) is 0 Å². The van der Waals surface area contributed by atoms with E-state index >= 15 is 0 Å². The lowest BCUT2D eigenvalue weighted by Gasteiger charge is -2.47. The van der Waals surface area contributed by atoms with Crippen molar-refractivity contribution in [1.29, 1.82) is 0 Å². The topological polar surface area (TPSA) is 104 Å². The van der Waals surface area contributed by atoms with E-state index < -0.39 is 12.1 Å². The van der Waals surface area contributed by atoms with Crippen LogP contribution in [-0.2, 0) is 16.0 Å². The number of carbonyl (C=O) groups is 2. The molecule has 2 aromatic carbocycles. The van der Waals surface area contributed by atoms with Gasteiger partial charge in [-0.2, -0.15) is 0 Å². The number of rotatable bonds is 6. The number of fused-ring (bicyclic) bond motifs is 4. The molecule has 5 rings (SSSR count). The van der Waals surface area contributed by atoms with Crippen LogP contribution in [0.3, 0.4) is 0 Å². The van der Waals surface area contributed by atoms with Gasteiger partial charge in [-0.25, -0.2) is 0 Å². The van der Waals surface area contributed by atoms with Gasteiger partial charge in [0.25, 0.3) is 0 Å². The fourth-order valence-electron chi connectivity index (χ4n) is 5.24. The third-order valence-electron chi connectivity index (χ3n) is 6.72. The molecule has 0 saturated carbocycles. The summed E-state index contributed by atoms with van der Waals surface area (Å²) < 4.78 is 16.6. The van der Waals surface area contributed by atoms with Crippen LogP contribution in [0.4, 0.5) is 0 Å². The summed E-state index contributed by atoms with van der Waals surface area (Å²) in [5.74, 6) is 1.04. The lowest BCUT2D eigenvalue weighted by atomic mass is 9.86. The number of β-amino-alcohol motifs (C(OH)–C–C–N with tert-alkyl or cyclic N) is 1. The molecule has 0 radical (unpaired) electrons. The van der Waals surface area contributed by atoms with Crippen molar-refractivity contribution in [3.8, 4) is 17.2 Å². The van der Waals surface area contributed by atoms with Gasteiger partial charge in [0.1, 0.15) is 6.04 Å². The van der Waals surface area contributed by atoms with E-state index in [9.17, 15) is 14.7 Å². The van der Waals surface area contributed by atoms with E-state index in [0.717, 1.165) is 27.7 Å². The molecular formula is C25H27N3O6. The van der Waals surface area contributed by atoms with Crippen molar-refractivity contribution in [1.82, 2.24) is 14.8 Å². The number of para-hydroxylation sites is 1.